The van der Waals surface area contributed by atoms with Crippen molar-refractivity contribution < 1.29 is 56.2 Å². The summed E-state index contributed by atoms with van der Waals surface area (Å²) in [6, 6.07) is 0. The quantitative estimate of drug-likeness (QED) is 0.0197. The predicted molar refractivity (Wildman–Crippen MR) is 280 cm³/mol. The SMILES string of the molecule is CC/C=C\C/C=C\C/C=C\C/C=C\C/C=C\CCCCCCCCCCOCC(COC1OC(CO)C(O)C(OS(=O)(=O)O)C1O)OC(=O)CCCCCCCCC/C=C\CCCCCCCCC. The Kier molecular flexibility index (Phi) is 43.6. The number of allylic oxidation sites excluding steroid dienone is 12. The Balaban J connectivity index is 2.34. The van der Waals surface area contributed by atoms with E-state index in [1.54, 1.807) is 0 Å². The molecule has 1 aliphatic rings. The van der Waals surface area contributed by atoms with Gasteiger partial charge in [0, 0.05) is 13.0 Å². The Labute approximate surface area is 420 Å². The van der Waals surface area contributed by atoms with Crippen LogP contribution in [0.25, 0.3) is 0 Å². The monoisotopic (exact) mass is 995 g/mol. The molecular weight excluding hydrogens is 897 g/mol. The van der Waals surface area contributed by atoms with Crippen molar-refractivity contribution in [2.75, 3.05) is 26.4 Å². The van der Waals surface area contributed by atoms with Crippen LogP contribution < -0.4 is 0 Å². The molecule has 1 rings (SSSR count). The van der Waals surface area contributed by atoms with E-state index in [1.807, 2.05) is 0 Å². The van der Waals surface area contributed by atoms with Crippen LogP contribution in [0.15, 0.2) is 72.9 Å². The zero-order valence-electron chi connectivity index (χ0n) is 43.1. The highest BCUT2D eigenvalue weighted by Crippen LogP contribution is 2.26. The summed E-state index contributed by atoms with van der Waals surface area (Å²) < 4.78 is 59.3. The minimum atomic E-state index is -5.07. The Morgan fingerprint density at radius 2 is 1.00 bits per heavy atom. The normalized spacial score (nSPS) is 19.8. The molecular formula is C56H98O12S. The fourth-order valence-corrected chi connectivity index (χ4v) is 8.50. The van der Waals surface area contributed by atoms with Crippen LogP contribution >= 0.6 is 0 Å². The lowest BCUT2D eigenvalue weighted by Gasteiger charge is -2.41. The summed E-state index contributed by atoms with van der Waals surface area (Å²) in [6.45, 7) is 3.86. The van der Waals surface area contributed by atoms with Crippen molar-refractivity contribution in [2.24, 2.45) is 0 Å². The first-order chi connectivity index (χ1) is 33.6. The van der Waals surface area contributed by atoms with E-state index in [4.69, 9.17) is 18.9 Å². The third kappa shape index (κ3) is 39.8. The molecule has 69 heavy (non-hydrogen) atoms. The number of aliphatic hydroxyl groups excluding tert-OH is 3. The molecule has 0 saturated carbocycles. The van der Waals surface area contributed by atoms with Gasteiger partial charge in [0.1, 0.15) is 30.5 Å². The Hall–Kier alpha value is -2.46. The van der Waals surface area contributed by atoms with Gasteiger partial charge in [0.2, 0.25) is 0 Å². The molecule has 400 valence electrons. The predicted octanol–water partition coefficient (Wildman–Crippen LogP) is 13.0. The molecule has 1 saturated heterocycles. The number of hydrogen-bond donors (Lipinski definition) is 4. The number of ether oxygens (including phenoxy) is 4. The van der Waals surface area contributed by atoms with Gasteiger partial charge >= 0.3 is 16.4 Å². The maximum atomic E-state index is 12.9. The molecule has 4 N–H and O–H groups in total. The summed E-state index contributed by atoms with van der Waals surface area (Å²) in [5.41, 5.74) is 0. The van der Waals surface area contributed by atoms with Gasteiger partial charge in [-0.2, -0.15) is 8.42 Å². The van der Waals surface area contributed by atoms with E-state index >= 15 is 0 Å². The molecule has 6 unspecified atom stereocenters. The summed E-state index contributed by atoms with van der Waals surface area (Å²) in [6.07, 6.45) is 52.1. The lowest BCUT2D eigenvalue weighted by molar-refractivity contribution is -0.301. The first-order valence-corrected chi connectivity index (χ1v) is 28.6. The summed E-state index contributed by atoms with van der Waals surface area (Å²) in [5, 5.41) is 30.8. The molecule has 0 aromatic heterocycles. The number of aliphatic hydroxyl groups is 3. The molecule has 13 heteroatoms. The van der Waals surface area contributed by atoms with Crippen molar-refractivity contribution in [3.63, 3.8) is 0 Å². The summed E-state index contributed by atoms with van der Waals surface area (Å²) >= 11 is 0. The van der Waals surface area contributed by atoms with E-state index < -0.39 is 59.8 Å². The number of esters is 1. The van der Waals surface area contributed by atoms with Gasteiger partial charge in [-0.05, 0) is 83.5 Å². The summed E-state index contributed by atoms with van der Waals surface area (Å²) in [5.74, 6) is -0.408. The number of hydrogen-bond acceptors (Lipinski definition) is 11. The highest BCUT2D eigenvalue weighted by Gasteiger charge is 2.48. The lowest BCUT2D eigenvalue weighted by atomic mass is 9.99. The average molecular weight is 995 g/mol. The minimum Gasteiger partial charge on any atom is -0.457 e. The van der Waals surface area contributed by atoms with Crippen LogP contribution in [0.2, 0.25) is 0 Å². The second-order valence-electron chi connectivity index (χ2n) is 18.4. The zero-order valence-corrected chi connectivity index (χ0v) is 43.9. The van der Waals surface area contributed by atoms with Gasteiger partial charge in [-0.3, -0.25) is 9.35 Å². The molecule has 0 bridgehead atoms. The fraction of sp³-hybridized carbons (Fsp3) is 0.768. The van der Waals surface area contributed by atoms with Gasteiger partial charge in [-0.15, -0.1) is 0 Å². The standard InChI is InChI=1S/C56H98O12S/c1-3-5-7-9-11-13-15-17-19-21-23-24-25-26-27-28-30-32-34-36-38-40-42-44-46-64-48-50(49-65-56-54(60)55(68-69(61,62)63)53(59)51(47-57)67-56)66-52(58)45-43-41-39-37-35-33-31-29-22-20-18-16-14-12-10-8-6-4-2/h5,7,11,13,17,19-20,22-24,26-27,50-51,53-57,59-60H,3-4,6,8-10,12,14-16,18,21,25,28-49H2,1-2H3,(H,61,62,63)/b7-5-,13-11-,19-17-,22-20-,24-23-,27-26-. The third-order valence-electron chi connectivity index (χ3n) is 12.1. The van der Waals surface area contributed by atoms with Crippen LogP contribution in [-0.2, 0) is 38.3 Å². The molecule has 6 atom stereocenters. The van der Waals surface area contributed by atoms with Crippen molar-refractivity contribution in [1.29, 1.82) is 0 Å². The van der Waals surface area contributed by atoms with Crippen LogP contribution in [0.3, 0.4) is 0 Å². The second-order valence-corrected chi connectivity index (χ2v) is 19.5. The molecule has 12 nitrogen and oxygen atoms in total. The number of carbonyl (C=O) groups is 1. The van der Waals surface area contributed by atoms with Crippen LogP contribution in [0, 0.1) is 0 Å². The molecule has 1 heterocycles. The average Bonchev–Trinajstić information content (AvgIpc) is 3.32. The third-order valence-corrected chi connectivity index (χ3v) is 12.5. The van der Waals surface area contributed by atoms with E-state index in [-0.39, 0.29) is 19.6 Å². The van der Waals surface area contributed by atoms with Crippen LogP contribution in [-0.4, -0.2) is 97.5 Å². The Bertz CT molecular complexity index is 1470. The molecule has 1 aliphatic heterocycles. The van der Waals surface area contributed by atoms with E-state index in [9.17, 15) is 33.1 Å². The molecule has 0 radical (unpaired) electrons. The van der Waals surface area contributed by atoms with E-state index in [1.165, 1.54) is 103 Å². The lowest BCUT2D eigenvalue weighted by Crippen LogP contribution is -2.60. The van der Waals surface area contributed by atoms with Gasteiger partial charge in [0.05, 0.1) is 19.8 Å². The van der Waals surface area contributed by atoms with Crippen molar-refractivity contribution >= 4 is 16.4 Å². The van der Waals surface area contributed by atoms with Gasteiger partial charge in [-0.1, -0.05) is 196 Å². The fourth-order valence-electron chi connectivity index (χ4n) is 7.99. The molecule has 0 amide bonds. The van der Waals surface area contributed by atoms with E-state index in [0.29, 0.717) is 13.0 Å². The first-order valence-electron chi connectivity index (χ1n) is 27.2. The van der Waals surface area contributed by atoms with Crippen molar-refractivity contribution in [2.45, 2.75) is 250 Å². The highest BCUT2D eigenvalue weighted by molar-refractivity contribution is 7.80. The van der Waals surface area contributed by atoms with E-state index in [2.05, 4.69) is 90.9 Å². The van der Waals surface area contributed by atoms with Crippen molar-refractivity contribution in [3.05, 3.63) is 72.9 Å². The maximum absolute atomic E-state index is 12.9. The number of unbranched alkanes of at least 4 members (excludes halogenated alkanes) is 22. The first kappa shape index (κ1) is 64.6. The molecule has 0 aromatic carbocycles. The number of carbonyl (C=O) groups excluding carboxylic acids is 1. The largest absolute Gasteiger partial charge is 0.457 e. The minimum absolute atomic E-state index is 0.0256. The van der Waals surface area contributed by atoms with Crippen LogP contribution in [0.1, 0.15) is 213 Å². The zero-order chi connectivity index (χ0) is 50.3. The van der Waals surface area contributed by atoms with E-state index in [0.717, 1.165) is 83.5 Å². The summed E-state index contributed by atoms with van der Waals surface area (Å²) in [4.78, 5) is 12.9. The molecule has 1 fully saturated rings. The topological polar surface area (TPSA) is 178 Å². The van der Waals surface area contributed by atoms with Gasteiger partial charge < -0.3 is 34.3 Å². The second kappa shape index (κ2) is 46.6. The van der Waals surface area contributed by atoms with Gasteiger partial charge in [0.25, 0.3) is 0 Å². The van der Waals surface area contributed by atoms with Gasteiger partial charge in [-0.25, -0.2) is 4.18 Å². The molecule has 0 aliphatic carbocycles. The molecule has 0 spiro atoms. The van der Waals surface area contributed by atoms with Gasteiger partial charge in [0.15, 0.2) is 6.29 Å². The van der Waals surface area contributed by atoms with Crippen molar-refractivity contribution in [3.8, 4) is 0 Å². The maximum Gasteiger partial charge on any atom is 0.397 e. The van der Waals surface area contributed by atoms with Crippen molar-refractivity contribution in [1.82, 2.24) is 0 Å². The summed E-state index contributed by atoms with van der Waals surface area (Å²) in [7, 11) is -5.07. The van der Waals surface area contributed by atoms with Crippen LogP contribution in [0.5, 0.6) is 0 Å². The molecule has 0 aromatic rings. The Morgan fingerprint density at radius 3 is 1.48 bits per heavy atom. The van der Waals surface area contributed by atoms with Crippen LogP contribution in [0.4, 0.5) is 0 Å². The Morgan fingerprint density at radius 1 is 0.565 bits per heavy atom. The smallest absolute Gasteiger partial charge is 0.397 e. The number of rotatable bonds is 47. The highest BCUT2D eigenvalue weighted by atomic mass is 32.3.